The summed E-state index contributed by atoms with van der Waals surface area (Å²) in [6.07, 6.45) is 5.48. The van der Waals surface area contributed by atoms with Crippen LogP contribution in [0.5, 0.6) is 0 Å². The Bertz CT molecular complexity index is 548. The highest BCUT2D eigenvalue weighted by Crippen LogP contribution is 2.24. The van der Waals surface area contributed by atoms with E-state index in [1.165, 1.54) is 0 Å². The molecule has 1 N–H and O–H groups in total. The van der Waals surface area contributed by atoms with Crippen molar-refractivity contribution in [2.24, 2.45) is 0 Å². The minimum Gasteiger partial charge on any atom is -0.350 e. The lowest BCUT2D eigenvalue weighted by molar-refractivity contribution is -0.130. The van der Waals surface area contributed by atoms with E-state index < -0.39 is 0 Å². The zero-order chi connectivity index (χ0) is 16.7. The van der Waals surface area contributed by atoms with Crippen molar-refractivity contribution in [3.8, 4) is 0 Å². The van der Waals surface area contributed by atoms with Crippen LogP contribution in [-0.2, 0) is 4.79 Å². The number of hydrogen-bond acceptors (Lipinski definition) is 4. The van der Waals surface area contributed by atoms with Crippen molar-refractivity contribution >= 4 is 23.6 Å². The summed E-state index contributed by atoms with van der Waals surface area (Å²) < 4.78 is 0. The van der Waals surface area contributed by atoms with E-state index in [0.717, 1.165) is 30.8 Å². The highest BCUT2D eigenvalue weighted by atomic mass is 32.2. The van der Waals surface area contributed by atoms with Gasteiger partial charge < -0.3 is 10.2 Å². The molecule has 0 bridgehead atoms. The molecule has 6 heteroatoms. The quantitative estimate of drug-likeness (QED) is 0.812. The molecule has 1 aromatic rings. The molecule has 0 aromatic carbocycles. The van der Waals surface area contributed by atoms with Gasteiger partial charge in [0.05, 0.1) is 5.56 Å². The molecule has 0 saturated carbocycles. The van der Waals surface area contributed by atoms with Gasteiger partial charge in [-0.2, -0.15) is 0 Å². The lowest BCUT2D eigenvalue weighted by atomic mass is 10.2. The van der Waals surface area contributed by atoms with E-state index >= 15 is 0 Å². The molecule has 0 unspecified atom stereocenters. The summed E-state index contributed by atoms with van der Waals surface area (Å²) in [6.45, 7) is 6.01. The van der Waals surface area contributed by atoms with Gasteiger partial charge in [0, 0.05) is 37.5 Å². The lowest BCUT2D eigenvalue weighted by Crippen LogP contribution is -2.38. The van der Waals surface area contributed by atoms with Crippen LogP contribution in [0.2, 0.25) is 0 Å². The third-order valence-electron chi connectivity index (χ3n) is 3.70. The van der Waals surface area contributed by atoms with Gasteiger partial charge in [-0.15, -0.1) is 11.8 Å². The fourth-order valence-electron chi connectivity index (χ4n) is 2.56. The van der Waals surface area contributed by atoms with E-state index in [1.54, 1.807) is 30.1 Å². The molecule has 0 radical (unpaired) electrons. The first-order valence-corrected chi connectivity index (χ1v) is 9.13. The highest BCUT2D eigenvalue weighted by Gasteiger charge is 2.17. The van der Waals surface area contributed by atoms with Gasteiger partial charge in [-0.05, 0) is 25.0 Å². The predicted octanol–water partition coefficient (Wildman–Crippen LogP) is 2.71. The Morgan fingerprint density at radius 2 is 2.22 bits per heavy atom. The number of aromatic nitrogens is 1. The van der Waals surface area contributed by atoms with E-state index in [9.17, 15) is 9.59 Å². The van der Waals surface area contributed by atoms with Crippen LogP contribution in [0.1, 0.15) is 49.9 Å². The van der Waals surface area contributed by atoms with Crippen LogP contribution in [0, 0.1) is 0 Å². The summed E-state index contributed by atoms with van der Waals surface area (Å²) >= 11 is 1.58. The normalized spacial score (nSPS) is 15.6. The molecule has 1 aliphatic rings. The van der Waals surface area contributed by atoms with Gasteiger partial charge in [0.25, 0.3) is 5.91 Å². The second-order valence-corrected chi connectivity index (χ2v) is 7.54. The lowest BCUT2D eigenvalue weighted by Gasteiger charge is -2.20. The fourth-order valence-corrected chi connectivity index (χ4v) is 3.41. The Labute approximate surface area is 142 Å². The third-order valence-corrected chi connectivity index (χ3v) is 4.72. The first-order valence-electron chi connectivity index (χ1n) is 8.25. The van der Waals surface area contributed by atoms with Gasteiger partial charge in [0.2, 0.25) is 5.91 Å². The number of thioether (sulfide) groups is 1. The molecule has 1 saturated heterocycles. The van der Waals surface area contributed by atoms with Crippen LogP contribution < -0.4 is 5.32 Å². The average Bonchev–Trinajstić information content (AvgIpc) is 2.72. The maximum atomic E-state index is 12.4. The molecule has 2 amide bonds. The summed E-state index contributed by atoms with van der Waals surface area (Å²) in [4.78, 5) is 30.5. The van der Waals surface area contributed by atoms with Gasteiger partial charge in [0.15, 0.2) is 0 Å². The summed E-state index contributed by atoms with van der Waals surface area (Å²) in [5.41, 5.74) is 0.605. The molecule has 1 aliphatic heterocycles. The van der Waals surface area contributed by atoms with Crippen molar-refractivity contribution < 1.29 is 9.59 Å². The van der Waals surface area contributed by atoms with Gasteiger partial charge in [-0.3, -0.25) is 9.59 Å². The number of pyridine rings is 1. The fraction of sp³-hybridized carbons (Fsp3) is 0.588. The largest absolute Gasteiger partial charge is 0.350 e. The third kappa shape index (κ3) is 5.53. The number of likely N-dealkylation sites (tertiary alicyclic amines) is 1. The molecule has 126 valence electrons. The number of carbonyl (C=O) groups excluding carboxylic acids is 2. The predicted molar refractivity (Wildman–Crippen MR) is 92.6 cm³/mol. The van der Waals surface area contributed by atoms with E-state index in [-0.39, 0.29) is 11.8 Å². The number of nitrogens with zero attached hydrogens (tertiary/aromatic N) is 2. The summed E-state index contributed by atoms with van der Waals surface area (Å²) in [7, 11) is 0. The molecule has 23 heavy (non-hydrogen) atoms. The number of hydrogen-bond donors (Lipinski definition) is 1. The molecule has 1 fully saturated rings. The molecule has 2 heterocycles. The molecular weight excluding hydrogens is 310 g/mol. The monoisotopic (exact) mass is 335 g/mol. The maximum Gasteiger partial charge on any atom is 0.254 e. The minimum absolute atomic E-state index is 0.122. The van der Waals surface area contributed by atoms with Crippen molar-refractivity contribution in [1.29, 1.82) is 0 Å². The first-order chi connectivity index (χ1) is 11.1. The van der Waals surface area contributed by atoms with Crippen LogP contribution in [0.4, 0.5) is 0 Å². The Kier molecular flexibility index (Phi) is 6.89. The number of nitrogens with one attached hydrogen (secondary N) is 1. The van der Waals surface area contributed by atoms with Crippen molar-refractivity contribution in [3.05, 3.63) is 23.9 Å². The zero-order valence-electron chi connectivity index (χ0n) is 13.9. The molecule has 2 rings (SSSR count). The Morgan fingerprint density at radius 1 is 1.39 bits per heavy atom. The minimum atomic E-state index is -0.122. The van der Waals surface area contributed by atoms with Gasteiger partial charge in [-0.25, -0.2) is 4.98 Å². The van der Waals surface area contributed by atoms with E-state index in [4.69, 9.17) is 0 Å². The van der Waals surface area contributed by atoms with Crippen LogP contribution in [0.15, 0.2) is 23.4 Å². The number of amides is 2. The zero-order valence-corrected chi connectivity index (χ0v) is 14.7. The van der Waals surface area contributed by atoms with E-state index in [1.807, 2.05) is 4.90 Å². The van der Waals surface area contributed by atoms with Crippen molar-refractivity contribution in [2.75, 3.05) is 19.6 Å². The number of carbonyl (C=O) groups is 2. The first kappa shape index (κ1) is 17.8. The smallest absolute Gasteiger partial charge is 0.254 e. The molecule has 0 spiro atoms. The highest BCUT2D eigenvalue weighted by molar-refractivity contribution is 7.99. The standard InChI is InChI=1S/C17H25N3O2S/c1-13(2)23-17-14(7-6-9-19-17)16(22)18-10-12-20-11-5-3-4-8-15(20)21/h6-7,9,13H,3-5,8,10-12H2,1-2H3,(H,18,22). The summed E-state index contributed by atoms with van der Waals surface area (Å²) in [5, 5.41) is 4.04. The van der Waals surface area contributed by atoms with E-state index in [0.29, 0.717) is 30.3 Å². The van der Waals surface area contributed by atoms with Crippen LogP contribution in [-0.4, -0.2) is 46.6 Å². The Hall–Kier alpha value is -1.56. The molecule has 0 atom stereocenters. The van der Waals surface area contributed by atoms with E-state index in [2.05, 4.69) is 24.1 Å². The maximum absolute atomic E-state index is 12.4. The van der Waals surface area contributed by atoms with Crippen molar-refractivity contribution in [1.82, 2.24) is 15.2 Å². The topological polar surface area (TPSA) is 62.3 Å². The van der Waals surface area contributed by atoms with Gasteiger partial charge in [-0.1, -0.05) is 20.3 Å². The Morgan fingerprint density at radius 3 is 3.00 bits per heavy atom. The summed E-state index contributed by atoms with van der Waals surface area (Å²) in [5.74, 6) is 0.0812. The molecule has 5 nitrogen and oxygen atoms in total. The second-order valence-electron chi connectivity index (χ2n) is 5.97. The number of rotatable bonds is 6. The second kappa shape index (κ2) is 8.91. The van der Waals surface area contributed by atoms with Crippen molar-refractivity contribution in [2.45, 2.75) is 49.8 Å². The Balaban J connectivity index is 1.88. The molecular formula is C17H25N3O2S. The van der Waals surface area contributed by atoms with Crippen LogP contribution >= 0.6 is 11.8 Å². The molecule has 1 aromatic heterocycles. The SMILES string of the molecule is CC(C)Sc1ncccc1C(=O)NCCN1CCCCCC1=O. The van der Waals surface area contributed by atoms with Gasteiger partial charge >= 0.3 is 0 Å². The average molecular weight is 335 g/mol. The van der Waals surface area contributed by atoms with Crippen LogP contribution in [0.25, 0.3) is 0 Å². The van der Waals surface area contributed by atoms with Crippen molar-refractivity contribution in [3.63, 3.8) is 0 Å². The summed E-state index contributed by atoms with van der Waals surface area (Å²) in [6, 6.07) is 3.57. The van der Waals surface area contributed by atoms with Gasteiger partial charge in [0.1, 0.15) is 5.03 Å². The molecule has 0 aliphatic carbocycles. The van der Waals surface area contributed by atoms with Crippen LogP contribution in [0.3, 0.4) is 0 Å².